The van der Waals surface area contributed by atoms with Crippen LogP contribution in [0.25, 0.3) is 0 Å². The van der Waals surface area contributed by atoms with Crippen LogP contribution >= 0.6 is 0 Å². The molecule has 11 heteroatoms. The summed E-state index contributed by atoms with van der Waals surface area (Å²) in [4.78, 5) is 15.4. The van der Waals surface area contributed by atoms with E-state index >= 15 is 0 Å². The molecule has 2 amide bonds. The second-order valence-electron chi connectivity index (χ2n) is 10.3. The van der Waals surface area contributed by atoms with E-state index in [-0.39, 0.29) is 10.4 Å². The topological polar surface area (TPSA) is 114 Å². The molecule has 1 atom stereocenters. The highest BCUT2D eigenvalue weighted by atomic mass is 32.2. The Labute approximate surface area is 205 Å². The summed E-state index contributed by atoms with van der Waals surface area (Å²) in [6, 6.07) is 0.652. The summed E-state index contributed by atoms with van der Waals surface area (Å²) < 4.78 is 29.8. The van der Waals surface area contributed by atoms with Gasteiger partial charge in [-0.1, -0.05) is 6.07 Å². The Bertz CT molecular complexity index is 1230. The van der Waals surface area contributed by atoms with Crippen molar-refractivity contribution in [2.24, 2.45) is 13.0 Å². The van der Waals surface area contributed by atoms with Crippen LogP contribution in [0.1, 0.15) is 47.9 Å². The van der Waals surface area contributed by atoms with Crippen LogP contribution in [-0.2, 0) is 42.9 Å². The first-order valence-corrected chi connectivity index (χ1v) is 13.9. The summed E-state index contributed by atoms with van der Waals surface area (Å²) in [5.41, 5.74) is 5.46. The minimum Gasteiger partial charge on any atom is -0.740 e. The second kappa shape index (κ2) is 8.49. The van der Waals surface area contributed by atoms with Crippen molar-refractivity contribution >= 4 is 27.6 Å². The maximum absolute atomic E-state index is 13.7. The van der Waals surface area contributed by atoms with Crippen LogP contribution in [0.5, 0.6) is 0 Å². The molecule has 2 aliphatic carbocycles. The van der Waals surface area contributed by atoms with E-state index in [2.05, 4.69) is 21.4 Å². The molecule has 7 rings (SSSR count). The SMILES string of the molecule is Cn1cc(N(C2CN3CCC2CC3)S(=O)(=O)N([O-])C(=O)Nc2c3c(cc4c2CCC4)CCC3)cn1. The largest absolute Gasteiger partial charge is 0.740 e. The molecular formula is C24H31N6O4S-. The number of anilines is 2. The molecular weight excluding hydrogens is 468 g/mol. The van der Waals surface area contributed by atoms with Crippen LogP contribution < -0.4 is 9.62 Å². The Morgan fingerprint density at radius 1 is 1.11 bits per heavy atom. The molecule has 2 bridgehead atoms. The van der Waals surface area contributed by atoms with Crippen LogP contribution in [0.4, 0.5) is 16.2 Å². The molecule has 0 spiro atoms. The normalized spacial score (nSPS) is 24.8. The first-order chi connectivity index (χ1) is 16.8. The van der Waals surface area contributed by atoms with E-state index in [4.69, 9.17) is 0 Å². The molecule has 3 fully saturated rings. The van der Waals surface area contributed by atoms with Gasteiger partial charge >= 0.3 is 16.2 Å². The highest BCUT2D eigenvalue weighted by molar-refractivity contribution is 7.91. The average molecular weight is 500 g/mol. The van der Waals surface area contributed by atoms with E-state index in [9.17, 15) is 18.4 Å². The number of carbonyl (C=O) groups is 1. The van der Waals surface area contributed by atoms with E-state index in [0.717, 1.165) is 79.9 Å². The number of hydrogen-bond acceptors (Lipinski definition) is 6. The quantitative estimate of drug-likeness (QED) is 0.633. The number of rotatable bonds is 5. The summed E-state index contributed by atoms with van der Waals surface area (Å²) in [5.74, 6) is 0.132. The van der Waals surface area contributed by atoms with Crippen molar-refractivity contribution in [1.82, 2.24) is 19.1 Å². The van der Waals surface area contributed by atoms with Crippen molar-refractivity contribution in [3.05, 3.63) is 45.9 Å². The Balaban J connectivity index is 1.33. The average Bonchev–Trinajstić information content (AvgIpc) is 3.60. The van der Waals surface area contributed by atoms with Crippen LogP contribution in [0.3, 0.4) is 0 Å². The maximum Gasteiger partial charge on any atom is 0.326 e. The van der Waals surface area contributed by atoms with Gasteiger partial charge in [0.25, 0.3) is 0 Å². The summed E-state index contributed by atoms with van der Waals surface area (Å²) in [6.07, 6.45) is 10.3. The number of benzene rings is 1. The van der Waals surface area contributed by atoms with Crippen molar-refractivity contribution in [1.29, 1.82) is 0 Å². The Morgan fingerprint density at radius 2 is 1.77 bits per heavy atom. The van der Waals surface area contributed by atoms with Crippen molar-refractivity contribution in [3.63, 3.8) is 0 Å². The maximum atomic E-state index is 13.7. The molecule has 1 unspecified atom stereocenters. The van der Waals surface area contributed by atoms with Gasteiger partial charge in [0.15, 0.2) is 0 Å². The molecule has 3 saturated heterocycles. The molecule has 0 radical (unpaired) electrons. The number of aryl methyl sites for hydroxylation is 3. The predicted octanol–water partition coefficient (Wildman–Crippen LogP) is 2.57. The Kier molecular flexibility index (Phi) is 5.53. The Morgan fingerprint density at radius 3 is 2.31 bits per heavy atom. The third-order valence-electron chi connectivity index (χ3n) is 8.20. The van der Waals surface area contributed by atoms with Gasteiger partial charge in [-0.2, -0.15) is 13.5 Å². The van der Waals surface area contributed by atoms with Gasteiger partial charge in [0, 0.05) is 25.5 Å². The molecule has 10 nitrogen and oxygen atoms in total. The second-order valence-corrected chi connectivity index (χ2v) is 11.9. The van der Waals surface area contributed by atoms with Gasteiger partial charge in [-0.3, -0.25) is 9.15 Å². The fourth-order valence-corrected chi connectivity index (χ4v) is 7.88. The van der Waals surface area contributed by atoms with Gasteiger partial charge in [-0.25, -0.2) is 9.10 Å². The monoisotopic (exact) mass is 499 g/mol. The summed E-state index contributed by atoms with van der Waals surface area (Å²) in [6.45, 7) is 2.38. The fraction of sp³-hybridized carbons (Fsp3) is 0.583. The van der Waals surface area contributed by atoms with E-state index in [0.29, 0.717) is 17.9 Å². The number of hydroxylamine groups is 1. The molecule has 3 aliphatic heterocycles. The molecule has 35 heavy (non-hydrogen) atoms. The van der Waals surface area contributed by atoms with E-state index in [1.807, 2.05) is 0 Å². The lowest BCUT2D eigenvalue weighted by atomic mass is 9.84. The van der Waals surface area contributed by atoms with E-state index < -0.39 is 22.3 Å². The fourth-order valence-electron chi connectivity index (χ4n) is 6.52. The van der Waals surface area contributed by atoms with Gasteiger partial charge in [0.05, 0.1) is 17.9 Å². The van der Waals surface area contributed by atoms with Gasteiger partial charge in [-0.05, 0) is 92.6 Å². The minimum absolute atomic E-state index is 0.132. The molecule has 1 aromatic carbocycles. The summed E-state index contributed by atoms with van der Waals surface area (Å²) in [5, 5.41) is 20.1. The predicted molar refractivity (Wildman–Crippen MR) is 132 cm³/mol. The van der Waals surface area contributed by atoms with Crippen molar-refractivity contribution < 1.29 is 13.2 Å². The van der Waals surface area contributed by atoms with E-state index in [1.54, 1.807) is 13.2 Å². The van der Waals surface area contributed by atoms with Gasteiger partial charge in [0.2, 0.25) is 0 Å². The smallest absolute Gasteiger partial charge is 0.326 e. The van der Waals surface area contributed by atoms with Crippen molar-refractivity contribution in [3.8, 4) is 0 Å². The number of amides is 2. The molecule has 2 aromatic rings. The molecule has 4 heterocycles. The molecule has 1 N–H and O–H groups in total. The lowest BCUT2D eigenvalue weighted by Gasteiger charge is -2.49. The van der Waals surface area contributed by atoms with Crippen LogP contribution in [0, 0.1) is 11.1 Å². The molecule has 1 aromatic heterocycles. The standard InChI is InChI=1S/C24H31N6O4S/c1-27-14-19(13-25-27)29(22-15-28-10-8-16(22)9-11-28)35(33,34)30(32)24(31)26-23-20-6-2-4-17(20)12-18-5-3-7-21(18)23/h12-14,16,22H,2-11,15H2,1H3,(H,26,31)/q-1. The molecule has 0 saturated carbocycles. The van der Waals surface area contributed by atoms with Gasteiger partial charge < -0.3 is 15.4 Å². The van der Waals surface area contributed by atoms with Gasteiger partial charge in [-0.15, -0.1) is 0 Å². The first kappa shape index (κ1) is 22.8. The van der Waals surface area contributed by atoms with Crippen molar-refractivity contribution in [2.75, 3.05) is 29.3 Å². The molecule has 188 valence electrons. The lowest BCUT2D eigenvalue weighted by molar-refractivity contribution is 0.0911. The lowest BCUT2D eigenvalue weighted by Crippen LogP contribution is -2.61. The first-order valence-electron chi connectivity index (χ1n) is 12.5. The summed E-state index contributed by atoms with van der Waals surface area (Å²) in [7, 11) is -2.99. The zero-order valence-electron chi connectivity index (χ0n) is 19.9. The van der Waals surface area contributed by atoms with Crippen molar-refractivity contribution in [2.45, 2.75) is 57.4 Å². The number of carbonyl (C=O) groups excluding carboxylic acids is 1. The van der Waals surface area contributed by atoms with Crippen LogP contribution in [-0.4, -0.2) is 59.3 Å². The zero-order valence-corrected chi connectivity index (χ0v) is 20.8. The van der Waals surface area contributed by atoms with Crippen LogP contribution in [0.15, 0.2) is 18.5 Å². The minimum atomic E-state index is -4.69. The third kappa shape index (κ3) is 3.80. The number of aromatic nitrogens is 2. The van der Waals surface area contributed by atoms with E-state index in [1.165, 1.54) is 22.0 Å². The number of piperidine rings is 3. The van der Waals surface area contributed by atoms with Crippen LogP contribution in [0.2, 0.25) is 0 Å². The zero-order chi connectivity index (χ0) is 24.3. The number of hydrogen-bond donors (Lipinski definition) is 1. The Hall–Kier alpha value is -2.63. The number of urea groups is 1. The number of nitrogens with one attached hydrogen (secondary N) is 1. The van der Waals surface area contributed by atoms with Gasteiger partial charge in [0.1, 0.15) is 0 Å². The molecule has 5 aliphatic rings. The number of fused-ring (bicyclic) bond motifs is 5. The third-order valence-corrected chi connectivity index (χ3v) is 9.76. The number of nitrogens with zero attached hydrogens (tertiary/aromatic N) is 5. The summed E-state index contributed by atoms with van der Waals surface area (Å²) >= 11 is 0. The highest BCUT2D eigenvalue weighted by Crippen LogP contribution is 2.39. The highest BCUT2D eigenvalue weighted by Gasteiger charge is 2.44.